The normalized spacial score (nSPS) is 17.0. The number of hydrogen-bond donors (Lipinski definition) is 1. The Balaban J connectivity index is 1.65. The molecule has 2 aromatic carbocycles. The first-order valence-corrected chi connectivity index (χ1v) is 9.80. The molecule has 2 aromatic rings. The number of sulfonamides is 1. The number of nitrogens with zero attached hydrogens (tertiary/aromatic N) is 1. The molecule has 0 spiro atoms. The Hall–Kier alpha value is -2.71. The molecule has 1 aliphatic heterocycles. The summed E-state index contributed by atoms with van der Waals surface area (Å²) < 4.78 is 31.4. The van der Waals surface area contributed by atoms with Crippen LogP contribution in [0.15, 0.2) is 58.4 Å². The molecule has 140 valence electrons. The fourth-order valence-electron chi connectivity index (χ4n) is 2.53. The van der Waals surface area contributed by atoms with E-state index in [1.165, 1.54) is 13.0 Å². The van der Waals surface area contributed by atoms with Gasteiger partial charge in [0.05, 0.1) is 4.90 Å². The van der Waals surface area contributed by atoms with Gasteiger partial charge < -0.3 is 4.74 Å². The van der Waals surface area contributed by atoms with Gasteiger partial charge in [0.25, 0.3) is 10.0 Å². The van der Waals surface area contributed by atoms with Crippen molar-refractivity contribution < 1.29 is 22.7 Å². The van der Waals surface area contributed by atoms with Gasteiger partial charge in [0.2, 0.25) is 5.78 Å². The minimum absolute atomic E-state index is 0.0687. The molecule has 0 unspecified atom stereocenters. The fourth-order valence-corrected chi connectivity index (χ4v) is 3.91. The number of fused-ring (bicyclic) bond motifs is 1. The maximum atomic E-state index is 12.3. The molecule has 0 saturated heterocycles. The second kappa shape index (κ2) is 7.50. The summed E-state index contributed by atoms with van der Waals surface area (Å²) in [6.45, 7) is 1.03. The van der Waals surface area contributed by atoms with Gasteiger partial charge in [-0.1, -0.05) is 23.7 Å². The van der Waals surface area contributed by atoms with Crippen LogP contribution in [-0.2, 0) is 19.6 Å². The lowest BCUT2D eigenvalue weighted by Crippen LogP contribution is -2.27. The van der Waals surface area contributed by atoms with Crippen molar-refractivity contribution in [1.29, 1.82) is 0 Å². The van der Waals surface area contributed by atoms with E-state index in [1.54, 1.807) is 42.5 Å². The zero-order valence-electron chi connectivity index (χ0n) is 14.2. The lowest BCUT2D eigenvalue weighted by Gasteiger charge is -2.11. The second-order valence-electron chi connectivity index (χ2n) is 5.77. The Morgan fingerprint density at radius 1 is 1.15 bits per heavy atom. The van der Waals surface area contributed by atoms with E-state index >= 15 is 0 Å². The van der Waals surface area contributed by atoms with Gasteiger partial charge >= 0.3 is 5.97 Å². The van der Waals surface area contributed by atoms with Crippen molar-refractivity contribution >= 4 is 39.2 Å². The van der Waals surface area contributed by atoms with Crippen molar-refractivity contribution in [3.05, 3.63) is 64.7 Å². The predicted molar refractivity (Wildman–Crippen MR) is 99.5 cm³/mol. The third kappa shape index (κ3) is 4.17. The zero-order chi connectivity index (χ0) is 19.6. The number of esters is 1. The van der Waals surface area contributed by atoms with E-state index in [0.29, 0.717) is 16.1 Å². The topological polar surface area (TPSA) is 102 Å². The minimum atomic E-state index is -3.68. The van der Waals surface area contributed by atoms with E-state index in [1.807, 2.05) is 0 Å². The Bertz CT molecular complexity index is 1030. The van der Waals surface area contributed by atoms with Crippen LogP contribution in [0.1, 0.15) is 22.8 Å². The standard InChI is InChI=1S/C18H15ClN2O5S/c1-11(17(23)12-6-8-13(19)9-7-12)26-16(22)10-20-18-14-4-2-3-5-15(14)27(24,25)21-18/h2-9,11H,10H2,1H3,(H,20,21)/t11-/m0/s1. The van der Waals surface area contributed by atoms with Crippen LogP contribution in [0.2, 0.25) is 5.02 Å². The molecular weight excluding hydrogens is 392 g/mol. The fraction of sp³-hybridized carbons (Fsp3) is 0.167. The molecule has 1 atom stereocenters. The van der Waals surface area contributed by atoms with Crippen LogP contribution < -0.4 is 4.72 Å². The van der Waals surface area contributed by atoms with E-state index in [9.17, 15) is 18.0 Å². The predicted octanol–water partition coefficient (Wildman–Crippen LogP) is 2.19. The lowest BCUT2D eigenvalue weighted by molar-refractivity contribution is -0.144. The number of rotatable bonds is 5. The zero-order valence-corrected chi connectivity index (χ0v) is 15.8. The van der Waals surface area contributed by atoms with Gasteiger partial charge in [-0.2, -0.15) is 0 Å². The summed E-state index contributed by atoms with van der Waals surface area (Å²) in [7, 11) is -3.68. The Kier molecular flexibility index (Phi) is 5.29. The highest BCUT2D eigenvalue weighted by Crippen LogP contribution is 2.22. The monoisotopic (exact) mass is 406 g/mol. The number of aliphatic imine (C=N–C) groups is 1. The molecule has 7 nitrogen and oxygen atoms in total. The van der Waals surface area contributed by atoms with Crippen LogP contribution in [0.5, 0.6) is 0 Å². The number of carbonyl (C=O) groups excluding carboxylic acids is 2. The van der Waals surface area contributed by atoms with Crippen molar-refractivity contribution in [2.45, 2.75) is 17.9 Å². The van der Waals surface area contributed by atoms with Crippen molar-refractivity contribution in [1.82, 2.24) is 4.72 Å². The molecule has 0 amide bonds. The van der Waals surface area contributed by atoms with Gasteiger partial charge in [-0.3, -0.25) is 19.3 Å². The van der Waals surface area contributed by atoms with Crippen LogP contribution in [0.25, 0.3) is 0 Å². The average molecular weight is 407 g/mol. The van der Waals surface area contributed by atoms with Gasteiger partial charge in [0, 0.05) is 16.1 Å². The first kappa shape index (κ1) is 19.1. The van der Waals surface area contributed by atoms with Gasteiger partial charge in [-0.15, -0.1) is 0 Å². The molecule has 1 N–H and O–H groups in total. The molecule has 0 radical (unpaired) electrons. The maximum Gasteiger partial charge on any atom is 0.328 e. The van der Waals surface area contributed by atoms with Crippen LogP contribution in [-0.4, -0.2) is 38.7 Å². The van der Waals surface area contributed by atoms with Crippen LogP contribution in [0, 0.1) is 0 Å². The number of hydrogen-bond acceptors (Lipinski definition) is 6. The van der Waals surface area contributed by atoms with Crippen LogP contribution >= 0.6 is 11.6 Å². The van der Waals surface area contributed by atoms with E-state index in [4.69, 9.17) is 16.3 Å². The van der Waals surface area contributed by atoms with E-state index in [-0.39, 0.29) is 16.5 Å². The molecule has 0 aromatic heterocycles. The maximum absolute atomic E-state index is 12.3. The van der Waals surface area contributed by atoms with Crippen molar-refractivity contribution in [2.24, 2.45) is 4.99 Å². The molecule has 0 fully saturated rings. The van der Waals surface area contributed by atoms with Crippen molar-refractivity contribution in [3.63, 3.8) is 0 Å². The third-order valence-corrected chi connectivity index (χ3v) is 5.48. The summed E-state index contributed by atoms with van der Waals surface area (Å²) in [6.07, 6.45) is -1.01. The Labute approximate surface area is 161 Å². The first-order chi connectivity index (χ1) is 12.8. The van der Waals surface area contributed by atoms with E-state index < -0.39 is 28.6 Å². The molecular formula is C18H15ClN2O5S. The molecule has 0 aliphatic carbocycles. The van der Waals surface area contributed by atoms with Crippen LogP contribution in [0.4, 0.5) is 0 Å². The van der Waals surface area contributed by atoms with Crippen molar-refractivity contribution in [3.8, 4) is 0 Å². The van der Waals surface area contributed by atoms with Crippen LogP contribution in [0.3, 0.4) is 0 Å². The molecule has 0 saturated carbocycles. The summed E-state index contributed by atoms with van der Waals surface area (Å²) in [5.74, 6) is -1.06. The number of ketones is 1. The van der Waals surface area contributed by atoms with Gasteiger partial charge in [0.15, 0.2) is 6.10 Å². The highest BCUT2D eigenvalue weighted by atomic mass is 35.5. The summed E-state index contributed by atoms with van der Waals surface area (Å²) in [6, 6.07) is 12.5. The SMILES string of the molecule is C[C@H](OC(=O)CN=C1NS(=O)(=O)c2ccccc21)C(=O)c1ccc(Cl)cc1. The highest BCUT2D eigenvalue weighted by Gasteiger charge is 2.30. The molecule has 0 bridgehead atoms. The number of carbonyl (C=O) groups is 2. The minimum Gasteiger partial charge on any atom is -0.453 e. The summed E-state index contributed by atoms with van der Waals surface area (Å²) in [5.41, 5.74) is 0.749. The third-order valence-electron chi connectivity index (χ3n) is 3.84. The second-order valence-corrected chi connectivity index (χ2v) is 7.86. The van der Waals surface area contributed by atoms with E-state index in [0.717, 1.165) is 0 Å². The highest BCUT2D eigenvalue weighted by molar-refractivity contribution is 7.90. The molecule has 1 aliphatic rings. The number of ether oxygens (including phenoxy) is 1. The smallest absolute Gasteiger partial charge is 0.328 e. The molecule has 27 heavy (non-hydrogen) atoms. The van der Waals surface area contributed by atoms with Gasteiger partial charge in [-0.05, 0) is 43.3 Å². The molecule has 9 heteroatoms. The number of nitrogens with one attached hydrogen (secondary N) is 1. The Morgan fingerprint density at radius 3 is 2.52 bits per heavy atom. The first-order valence-electron chi connectivity index (χ1n) is 7.94. The van der Waals surface area contributed by atoms with Crippen molar-refractivity contribution in [2.75, 3.05) is 6.54 Å². The summed E-state index contributed by atoms with van der Waals surface area (Å²) in [4.78, 5) is 28.3. The molecule has 3 rings (SSSR count). The largest absolute Gasteiger partial charge is 0.453 e. The summed E-state index contributed by atoms with van der Waals surface area (Å²) >= 11 is 5.78. The quantitative estimate of drug-likeness (QED) is 0.605. The number of Topliss-reactive ketones (excluding diaryl/α,β-unsaturated/α-hetero) is 1. The Morgan fingerprint density at radius 2 is 1.81 bits per heavy atom. The average Bonchev–Trinajstić information content (AvgIpc) is 2.91. The van der Waals surface area contributed by atoms with E-state index in [2.05, 4.69) is 9.71 Å². The lowest BCUT2D eigenvalue weighted by atomic mass is 10.1. The number of halogens is 1. The molecule has 1 heterocycles. The van der Waals surface area contributed by atoms with Gasteiger partial charge in [0.1, 0.15) is 12.4 Å². The van der Waals surface area contributed by atoms with Gasteiger partial charge in [-0.25, -0.2) is 8.42 Å². The number of amidine groups is 1. The summed E-state index contributed by atoms with van der Waals surface area (Å²) in [5, 5.41) is 0.492. The number of benzene rings is 2.